The average molecular weight is 301 g/mol. The summed E-state index contributed by atoms with van der Waals surface area (Å²) < 4.78 is 0. The van der Waals surface area contributed by atoms with E-state index < -0.39 is 0 Å². The number of carbonyl (C=O) groups is 1. The van der Waals surface area contributed by atoms with Gasteiger partial charge in [0.1, 0.15) is 4.88 Å². The summed E-state index contributed by atoms with van der Waals surface area (Å²) in [5.41, 5.74) is 7.93. The van der Waals surface area contributed by atoms with Crippen LogP contribution in [0.1, 0.15) is 32.4 Å². The molecule has 0 bridgehead atoms. The van der Waals surface area contributed by atoms with Crippen molar-refractivity contribution in [3.63, 3.8) is 0 Å². The van der Waals surface area contributed by atoms with Gasteiger partial charge >= 0.3 is 0 Å². The summed E-state index contributed by atoms with van der Waals surface area (Å²) in [5, 5.41) is 0.991. The smallest absolute Gasteiger partial charge is 0.265 e. The van der Waals surface area contributed by atoms with Crippen LogP contribution in [0.15, 0.2) is 30.3 Å². The Morgan fingerprint density at radius 3 is 2.86 bits per heavy atom. The number of carbonyl (C=O) groups excluding carboxylic acids is 1. The fraction of sp³-hybridized carbons (Fsp3) is 0.375. The standard InChI is InChI=1S/C16H19N3OS/c1-11-15(16(20)19-8-7-13(17)10-19)21-14(18-11)9-12-5-3-2-4-6-12/h2-6,13H,7-10,17H2,1H3/t13-/m1/s1. The number of nitrogens with two attached hydrogens (primary N) is 1. The maximum atomic E-state index is 12.5. The molecule has 0 aliphatic carbocycles. The second-order valence-corrected chi connectivity index (χ2v) is 6.57. The first-order valence-corrected chi connectivity index (χ1v) is 8.00. The monoisotopic (exact) mass is 301 g/mol. The van der Waals surface area contributed by atoms with Crippen LogP contribution in [0, 0.1) is 6.92 Å². The molecule has 1 aliphatic rings. The van der Waals surface area contributed by atoms with Gasteiger partial charge in [-0.05, 0) is 18.9 Å². The van der Waals surface area contributed by atoms with E-state index >= 15 is 0 Å². The van der Waals surface area contributed by atoms with Crippen molar-refractivity contribution in [2.75, 3.05) is 13.1 Å². The maximum Gasteiger partial charge on any atom is 0.265 e. The lowest BCUT2D eigenvalue weighted by atomic mass is 10.2. The molecular formula is C16H19N3OS. The van der Waals surface area contributed by atoms with Crippen LogP contribution in [0.4, 0.5) is 0 Å². The van der Waals surface area contributed by atoms with Crippen LogP contribution in [0.25, 0.3) is 0 Å². The van der Waals surface area contributed by atoms with E-state index in [1.54, 1.807) is 0 Å². The van der Waals surface area contributed by atoms with Crippen molar-refractivity contribution in [1.29, 1.82) is 0 Å². The summed E-state index contributed by atoms with van der Waals surface area (Å²) in [4.78, 5) is 19.7. The third-order valence-corrected chi connectivity index (χ3v) is 4.89. The van der Waals surface area contributed by atoms with Gasteiger partial charge in [-0.3, -0.25) is 4.79 Å². The summed E-state index contributed by atoms with van der Waals surface area (Å²) in [6, 6.07) is 10.3. The molecule has 3 rings (SSSR count). The van der Waals surface area contributed by atoms with Crippen molar-refractivity contribution < 1.29 is 4.79 Å². The van der Waals surface area contributed by atoms with E-state index in [1.807, 2.05) is 30.0 Å². The first-order chi connectivity index (χ1) is 10.1. The molecule has 0 radical (unpaired) electrons. The van der Waals surface area contributed by atoms with Crippen LogP contribution in [-0.4, -0.2) is 34.9 Å². The van der Waals surface area contributed by atoms with Crippen molar-refractivity contribution in [2.24, 2.45) is 5.73 Å². The molecule has 1 aromatic heterocycles. The van der Waals surface area contributed by atoms with Crippen LogP contribution >= 0.6 is 11.3 Å². The summed E-state index contributed by atoms with van der Waals surface area (Å²) in [7, 11) is 0. The van der Waals surface area contributed by atoms with Crippen LogP contribution in [0.5, 0.6) is 0 Å². The Hall–Kier alpha value is -1.72. The number of amides is 1. The zero-order valence-corrected chi connectivity index (χ0v) is 12.9. The molecule has 1 atom stereocenters. The predicted molar refractivity (Wildman–Crippen MR) is 84.6 cm³/mol. The Morgan fingerprint density at radius 2 is 2.19 bits per heavy atom. The maximum absolute atomic E-state index is 12.5. The fourth-order valence-electron chi connectivity index (χ4n) is 2.61. The van der Waals surface area contributed by atoms with E-state index in [2.05, 4.69) is 17.1 Å². The van der Waals surface area contributed by atoms with Crippen molar-refractivity contribution in [2.45, 2.75) is 25.8 Å². The van der Waals surface area contributed by atoms with Crippen LogP contribution in [-0.2, 0) is 6.42 Å². The van der Waals surface area contributed by atoms with E-state index in [1.165, 1.54) is 16.9 Å². The first-order valence-electron chi connectivity index (χ1n) is 7.18. The van der Waals surface area contributed by atoms with Gasteiger partial charge in [-0.2, -0.15) is 0 Å². The molecule has 2 heterocycles. The Labute approximate surface area is 128 Å². The second-order valence-electron chi connectivity index (χ2n) is 5.48. The molecular weight excluding hydrogens is 282 g/mol. The third-order valence-electron chi connectivity index (χ3n) is 3.75. The molecule has 0 unspecified atom stereocenters. The van der Waals surface area contributed by atoms with E-state index in [4.69, 9.17) is 5.73 Å². The largest absolute Gasteiger partial charge is 0.336 e. The van der Waals surface area contributed by atoms with Gasteiger partial charge in [0, 0.05) is 25.6 Å². The van der Waals surface area contributed by atoms with E-state index in [9.17, 15) is 4.79 Å². The summed E-state index contributed by atoms with van der Waals surface area (Å²) in [6.07, 6.45) is 1.67. The molecule has 4 nitrogen and oxygen atoms in total. The number of likely N-dealkylation sites (tertiary alicyclic amines) is 1. The highest BCUT2D eigenvalue weighted by atomic mass is 32.1. The number of nitrogens with zero attached hydrogens (tertiary/aromatic N) is 2. The second kappa shape index (κ2) is 5.95. The minimum absolute atomic E-state index is 0.0808. The van der Waals surface area contributed by atoms with Crippen LogP contribution in [0.3, 0.4) is 0 Å². The summed E-state index contributed by atoms with van der Waals surface area (Å²) in [5.74, 6) is 0.0808. The van der Waals surface area contributed by atoms with Crippen molar-refractivity contribution >= 4 is 17.2 Å². The molecule has 1 fully saturated rings. The van der Waals surface area contributed by atoms with Gasteiger partial charge in [-0.25, -0.2) is 4.98 Å². The molecule has 1 aromatic carbocycles. The van der Waals surface area contributed by atoms with Gasteiger partial charge in [0.25, 0.3) is 5.91 Å². The van der Waals surface area contributed by atoms with Gasteiger partial charge in [-0.1, -0.05) is 30.3 Å². The minimum Gasteiger partial charge on any atom is -0.336 e. The Kier molecular flexibility index (Phi) is 4.03. The number of hydrogen-bond acceptors (Lipinski definition) is 4. The SMILES string of the molecule is Cc1nc(Cc2ccccc2)sc1C(=O)N1CC[C@@H](N)C1. The van der Waals surface area contributed by atoms with Gasteiger partial charge in [0.15, 0.2) is 0 Å². The lowest BCUT2D eigenvalue weighted by molar-refractivity contribution is 0.0794. The molecule has 2 N–H and O–H groups in total. The Morgan fingerprint density at radius 1 is 1.43 bits per heavy atom. The number of benzene rings is 1. The summed E-state index contributed by atoms with van der Waals surface area (Å²) >= 11 is 1.51. The van der Waals surface area contributed by atoms with Crippen LogP contribution < -0.4 is 5.73 Å². The molecule has 21 heavy (non-hydrogen) atoms. The predicted octanol–water partition coefficient (Wildman–Crippen LogP) is 2.22. The number of hydrogen-bond donors (Lipinski definition) is 1. The quantitative estimate of drug-likeness (QED) is 0.945. The zero-order chi connectivity index (χ0) is 14.8. The first kappa shape index (κ1) is 14.2. The Bertz CT molecular complexity index is 638. The highest BCUT2D eigenvalue weighted by molar-refractivity contribution is 7.13. The lowest BCUT2D eigenvalue weighted by Crippen LogP contribution is -2.31. The zero-order valence-electron chi connectivity index (χ0n) is 12.1. The van der Waals surface area contributed by atoms with E-state index in [-0.39, 0.29) is 11.9 Å². The lowest BCUT2D eigenvalue weighted by Gasteiger charge is -2.14. The van der Waals surface area contributed by atoms with Gasteiger partial charge < -0.3 is 10.6 Å². The number of rotatable bonds is 3. The molecule has 5 heteroatoms. The minimum atomic E-state index is 0.0808. The van der Waals surface area contributed by atoms with Crippen LogP contribution in [0.2, 0.25) is 0 Å². The van der Waals surface area contributed by atoms with Gasteiger partial charge in [0.05, 0.1) is 10.7 Å². The van der Waals surface area contributed by atoms with Crippen molar-refractivity contribution in [1.82, 2.24) is 9.88 Å². The molecule has 1 amide bonds. The fourth-order valence-corrected chi connectivity index (χ4v) is 3.68. The molecule has 1 aliphatic heterocycles. The number of thiazole rings is 1. The highest BCUT2D eigenvalue weighted by Crippen LogP contribution is 2.23. The van der Waals surface area contributed by atoms with Gasteiger partial charge in [0.2, 0.25) is 0 Å². The molecule has 110 valence electrons. The Balaban J connectivity index is 1.76. The number of aryl methyl sites for hydroxylation is 1. The van der Waals surface area contributed by atoms with Gasteiger partial charge in [-0.15, -0.1) is 11.3 Å². The molecule has 2 aromatic rings. The summed E-state index contributed by atoms with van der Waals surface area (Å²) in [6.45, 7) is 3.32. The normalized spacial score (nSPS) is 18.2. The highest BCUT2D eigenvalue weighted by Gasteiger charge is 2.27. The molecule has 0 saturated carbocycles. The van der Waals surface area contributed by atoms with E-state index in [0.717, 1.165) is 35.0 Å². The van der Waals surface area contributed by atoms with Crippen molar-refractivity contribution in [3.8, 4) is 0 Å². The average Bonchev–Trinajstić information content (AvgIpc) is 3.06. The van der Waals surface area contributed by atoms with Crippen molar-refractivity contribution in [3.05, 3.63) is 51.5 Å². The molecule has 1 saturated heterocycles. The van der Waals surface area contributed by atoms with E-state index in [0.29, 0.717) is 6.54 Å². The third kappa shape index (κ3) is 3.14. The molecule has 0 spiro atoms. The number of aromatic nitrogens is 1. The topological polar surface area (TPSA) is 59.2 Å².